The van der Waals surface area contributed by atoms with Crippen molar-refractivity contribution >= 4 is 11.5 Å². The predicted molar refractivity (Wildman–Crippen MR) is 71.1 cm³/mol. The molecule has 3 N–H and O–H groups in total. The lowest BCUT2D eigenvalue weighted by Gasteiger charge is -2.06. The van der Waals surface area contributed by atoms with Gasteiger partial charge in [-0.2, -0.15) is 0 Å². The van der Waals surface area contributed by atoms with Crippen LogP contribution in [-0.4, -0.2) is 21.1 Å². The first-order valence-corrected chi connectivity index (χ1v) is 5.61. The standard InChI is InChI=1S/C15H12O4/c16-12-9-5-4-8-11(12)14(18)15(19)13(17)10-6-2-1-3-7-10/h1-9,16,18-19H. The zero-order valence-corrected chi connectivity index (χ0v) is 9.95. The van der Waals surface area contributed by atoms with E-state index in [4.69, 9.17) is 0 Å². The number of aliphatic hydroxyl groups excluding tert-OH is 2. The topological polar surface area (TPSA) is 77.8 Å². The third-order valence-corrected chi connectivity index (χ3v) is 2.63. The van der Waals surface area contributed by atoms with Gasteiger partial charge in [-0.15, -0.1) is 0 Å². The minimum atomic E-state index is -0.798. The monoisotopic (exact) mass is 256 g/mol. The zero-order valence-electron chi connectivity index (χ0n) is 9.95. The van der Waals surface area contributed by atoms with Gasteiger partial charge in [-0.3, -0.25) is 4.79 Å². The minimum Gasteiger partial charge on any atom is -0.507 e. The molecule has 0 amide bonds. The lowest BCUT2D eigenvalue weighted by Crippen LogP contribution is -2.05. The Hall–Kier alpha value is -2.75. The molecule has 0 fully saturated rings. The van der Waals surface area contributed by atoms with E-state index in [0.29, 0.717) is 0 Å². The highest BCUT2D eigenvalue weighted by atomic mass is 16.3. The zero-order chi connectivity index (χ0) is 13.8. The van der Waals surface area contributed by atoms with E-state index in [1.54, 1.807) is 30.3 Å². The van der Waals surface area contributed by atoms with Gasteiger partial charge in [0.15, 0.2) is 5.76 Å². The molecule has 2 aromatic rings. The van der Waals surface area contributed by atoms with Crippen LogP contribution >= 0.6 is 0 Å². The smallest absolute Gasteiger partial charge is 0.231 e. The van der Waals surface area contributed by atoms with E-state index in [2.05, 4.69) is 0 Å². The highest BCUT2D eigenvalue weighted by Crippen LogP contribution is 2.25. The van der Waals surface area contributed by atoms with Gasteiger partial charge in [0.05, 0.1) is 5.56 Å². The highest BCUT2D eigenvalue weighted by Gasteiger charge is 2.18. The fraction of sp³-hybridized carbons (Fsp3) is 0. The van der Waals surface area contributed by atoms with Gasteiger partial charge >= 0.3 is 0 Å². The number of hydrogen-bond donors (Lipinski definition) is 3. The molecule has 2 aromatic carbocycles. The summed E-state index contributed by atoms with van der Waals surface area (Å²) in [6, 6.07) is 14.0. The number of hydrogen-bond acceptors (Lipinski definition) is 4. The fourth-order valence-electron chi connectivity index (χ4n) is 1.64. The summed E-state index contributed by atoms with van der Waals surface area (Å²) in [5.41, 5.74) is 0.256. The molecule has 0 aliphatic rings. The number of benzene rings is 2. The molecule has 0 radical (unpaired) electrons. The van der Waals surface area contributed by atoms with E-state index in [-0.39, 0.29) is 16.9 Å². The molecule has 0 aliphatic heterocycles. The molecular formula is C15H12O4. The Kier molecular flexibility index (Phi) is 3.52. The number of rotatable bonds is 3. The number of para-hydroxylation sites is 1. The van der Waals surface area contributed by atoms with Crippen LogP contribution in [-0.2, 0) is 0 Å². The van der Waals surface area contributed by atoms with Gasteiger partial charge < -0.3 is 15.3 Å². The fourth-order valence-corrected chi connectivity index (χ4v) is 1.64. The van der Waals surface area contributed by atoms with Crippen molar-refractivity contribution in [3.8, 4) is 5.75 Å². The van der Waals surface area contributed by atoms with Crippen molar-refractivity contribution in [2.75, 3.05) is 0 Å². The minimum absolute atomic E-state index is 0.00396. The number of aromatic hydroxyl groups is 1. The second-order valence-electron chi connectivity index (χ2n) is 3.91. The van der Waals surface area contributed by atoms with E-state index in [1.807, 2.05) is 0 Å². The van der Waals surface area contributed by atoms with E-state index in [9.17, 15) is 20.1 Å². The van der Waals surface area contributed by atoms with E-state index < -0.39 is 17.3 Å². The van der Waals surface area contributed by atoms with E-state index in [1.165, 1.54) is 24.3 Å². The third-order valence-electron chi connectivity index (χ3n) is 2.63. The first-order chi connectivity index (χ1) is 9.11. The van der Waals surface area contributed by atoms with Crippen LogP contribution in [0.3, 0.4) is 0 Å². The molecule has 0 atom stereocenters. The van der Waals surface area contributed by atoms with Gasteiger partial charge in [0.1, 0.15) is 5.75 Å². The third kappa shape index (κ3) is 2.57. The van der Waals surface area contributed by atoms with Crippen molar-refractivity contribution in [3.63, 3.8) is 0 Å². The Morgan fingerprint density at radius 3 is 2.05 bits per heavy atom. The molecule has 2 rings (SSSR count). The summed E-state index contributed by atoms with van der Waals surface area (Å²) in [5.74, 6) is -2.37. The molecule has 0 spiro atoms. The van der Waals surface area contributed by atoms with Crippen LogP contribution in [0.25, 0.3) is 5.76 Å². The van der Waals surface area contributed by atoms with Gasteiger partial charge in [0, 0.05) is 5.56 Å². The summed E-state index contributed by atoms with van der Waals surface area (Å²) in [6.45, 7) is 0. The summed E-state index contributed by atoms with van der Waals surface area (Å²) in [6.07, 6.45) is 0. The Balaban J connectivity index is 2.42. The first kappa shape index (κ1) is 12.7. The Bertz CT molecular complexity index is 630. The molecule has 0 saturated heterocycles. The summed E-state index contributed by atoms with van der Waals surface area (Å²) in [4.78, 5) is 11.9. The molecule has 4 nitrogen and oxygen atoms in total. The van der Waals surface area contributed by atoms with Crippen LogP contribution in [0.5, 0.6) is 5.75 Å². The summed E-state index contributed by atoms with van der Waals surface area (Å²) in [5, 5.41) is 29.2. The number of carbonyl (C=O) groups is 1. The summed E-state index contributed by atoms with van der Waals surface area (Å²) >= 11 is 0. The average Bonchev–Trinajstić information content (AvgIpc) is 2.46. The van der Waals surface area contributed by atoms with Crippen LogP contribution in [0.4, 0.5) is 0 Å². The first-order valence-electron chi connectivity index (χ1n) is 5.61. The van der Waals surface area contributed by atoms with Crippen molar-refractivity contribution in [1.82, 2.24) is 0 Å². The SMILES string of the molecule is O=C(C(O)=C(O)c1ccccc1O)c1ccccc1. The number of aliphatic hydroxyl groups is 2. The van der Waals surface area contributed by atoms with Crippen LogP contribution < -0.4 is 0 Å². The number of allylic oxidation sites excluding steroid dienone is 1. The highest BCUT2D eigenvalue weighted by molar-refractivity contribution is 6.10. The second kappa shape index (κ2) is 5.27. The summed E-state index contributed by atoms with van der Waals surface area (Å²) < 4.78 is 0. The molecule has 0 bridgehead atoms. The molecule has 0 unspecified atom stereocenters. The van der Waals surface area contributed by atoms with E-state index in [0.717, 1.165) is 0 Å². The van der Waals surface area contributed by atoms with Crippen molar-refractivity contribution in [2.45, 2.75) is 0 Å². The van der Waals surface area contributed by atoms with E-state index >= 15 is 0 Å². The van der Waals surface area contributed by atoms with Crippen molar-refractivity contribution in [1.29, 1.82) is 0 Å². The van der Waals surface area contributed by atoms with Gasteiger partial charge in [-0.1, -0.05) is 42.5 Å². The maximum atomic E-state index is 11.9. The maximum absolute atomic E-state index is 11.9. The van der Waals surface area contributed by atoms with Crippen molar-refractivity contribution in [2.24, 2.45) is 0 Å². The normalized spacial score (nSPS) is 11.8. The van der Waals surface area contributed by atoms with Gasteiger partial charge in [-0.05, 0) is 12.1 Å². The second-order valence-corrected chi connectivity index (χ2v) is 3.91. The number of phenols is 1. The van der Waals surface area contributed by atoms with Crippen molar-refractivity contribution in [3.05, 3.63) is 71.5 Å². The molecule has 0 saturated carbocycles. The largest absolute Gasteiger partial charge is 0.507 e. The van der Waals surface area contributed by atoms with Crippen molar-refractivity contribution < 1.29 is 20.1 Å². The average molecular weight is 256 g/mol. The van der Waals surface area contributed by atoms with Crippen LogP contribution in [0.2, 0.25) is 0 Å². The number of ketones is 1. The van der Waals surface area contributed by atoms with Gasteiger partial charge in [0.2, 0.25) is 11.5 Å². The molecule has 0 aliphatic carbocycles. The van der Waals surface area contributed by atoms with Gasteiger partial charge in [0.25, 0.3) is 0 Å². The Labute approximate surface area is 109 Å². The number of carbonyl (C=O) groups excluding carboxylic acids is 1. The quantitative estimate of drug-likeness (QED) is 0.448. The molecule has 0 heterocycles. The molecular weight excluding hydrogens is 244 g/mol. The number of phenolic OH excluding ortho intramolecular Hbond substituents is 1. The number of Topliss-reactive ketones (excluding diaryl/α,β-unsaturated/α-hetero) is 1. The lowest BCUT2D eigenvalue weighted by atomic mass is 10.1. The Morgan fingerprint density at radius 2 is 1.42 bits per heavy atom. The molecule has 96 valence electrons. The molecule has 19 heavy (non-hydrogen) atoms. The maximum Gasteiger partial charge on any atom is 0.231 e. The molecule has 0 aromatic heterocycles. The van der Waals surface area contributed by atoms with Crippen LogP contribution in [0.15, 0.2) is 60.4 Å². The predicted octanol–water partition coefficient (Wildman–Crippen LogP) is 3.06. The molecule has 4 heteroatoms. The summed E-state index contributed by atoms with van der Waals surface area (Å²) in [7, 11) is 0. The Morgan fingerprint density at radius 1 is 0.842 bits per heavy atom. The van der Waals surface area contributed by atoms with Crippen LogP contribution in [0.1, 0.15) is 15.9 Å². The van der Waals surface area contributed by atoms with Crippen LogP contribution in [0, 0.1) is 0 Å². The lowest BCUT2D eigenvalue weighted by molar-refractivity contribution is 0.0975. The van der Waals surface area contributed by atoms with Gasteiger partial charge in [-0.25, -0.2) is 0 Å².